The largest absolute Gasteiger partial charge is 0.374 e. The van der Waals surface area contributed by atoms with Crippen LogP contribution in [0.2, 0.25) is 0 Å². The molecule has 0 aliphatic carbocycles. The van der Waals surface area contributed by atoms with Crippen molar-refractivity contribution in [1.29, 1.82) is 0 Å². The third kappa shape index (κ3) is 5.58. The molecular formula is C22H33N5O. The SMILES string of the molecule is CCNC(=NCCCOC(C)c1ccccc1)N1CCC(c2cnn(C)c2)C1. The Morgan fingerprint density at radius 2 is 2.18 bits per heavy atom. The zero-order valence-electron chi connectivity index (χ0n) is 17.3. The van der Waals surface area contributed by atoms with Crippen molar-refractivity contribution in [1.82, 2.24) is 20.0 Å². The van der Waals surface area contributed by atoms with Crippen LogP contribution >= 0.6 is 0 Å². The van der Waals surface area contributed by atoms with E-state index in [1.165, 1.54) is 11.1 Å². The van der Waals surface area contributed by atoms with E-state index in [1.54, 1.807) is 0 Å². The Morgan fingerprint density at radius 1 is 1.36 bits per heavy atom. The molecule has 152 valence electrons. The van der Waals surface area contributed by atoms with Gasteiger partial charge in [0.05, 0.1) is 12.3 Å². The maximum atomic E-state index is 5.96. The first-order valence-electron chi connectivity index (χ1n) is 10.4. The summed E-state index contributed by atoms with van der Waals surface area (Å²) in [6.07, 6.45) is 6.31. The molecule has 0 radical (unpaired) electrons. The zero-order valence-corrected chi connectivity index (χ0v) is 17.3. The van der Waals surface area contributed by atoms with E-state index >= 15 is 0 Å². The van der Waals surface area contributed by atoms with Crippen molar-refractivity contribution in [3.05, 3.63) is 53.9 Å². The normalized spacial score (nSPS) is 18.5. The first kappa shape index (κ1) is 20.4. The molecule has 6 heteroatoms. The maximum absolute atomic E-state index is 5.96. The van der Waals surface area contributed by atoms with Crippen LogP contribution in [0, 0.1) is 0 Å². The summed E-state index contributed by atoms with van der Waals surface area (Å²) in [5, 5.41) is 7.75. The summed E-state index contributed by atoms with van der Waals surface area (Å²) in [7, 11) is 1.97. The van der Waals surface area contributed by atoms with E-state index in [1.807, 2.05) is 24.0 Å². The summed E-state index contributed by atoms with van der Waals surface area (Å²) in [6.45, 7) is 8.63. The van der Waals surface area contributed by atoms with Gasteiger partial charge in [-0.2, -0.15) is 5.10 Å². The Bertz CT molecular complexity index is 742. The number of ether oxygens (including phenoxy) is 1. The van der Waals surface area contributed by atoms with E-state index in [4.69, 9.17) is 9.73 Å². The fourth-order valence-corrected chi connectivity index (χ4v) is 3.63. The molecular weight excluding hydrogens is 350 g/mol. The summed E-state index contributed by atoms with van der Waals surface area (Å²) in [6, 6.07) is 10.4. The number of nitrogens with one attached hydrogen (secondary N) is 1. The second-order valence-corrected chi connectivity index (χ2v) is 7.39. The number of aliphatic imine (C=N–C) groups is 1. The molecule has 2 heterocycles. The highest BCUT2D eigenvalue weighted by molar-refractivity contribution is 5.80. The number of hydrogen-bond donors (Lipinski definition) is 1. The van der Waals surface area contributed by atoms with Gasteiger partial charge in [0.1, 0.15) is 0 Å². The molecule has 0 spiro atoms. The number of likely N-dealkylation sites (tertiary alicyclic amines) is 1. The quantitative estimate of drug-likeness (QED) is 0.432. The van der Waals surface area contributed by atoms with Gasteiger partial charge in [0.2, 0.25) is 0 Å². The van der Waals surface area contributed by atoms with E-state index in [0.717, 1.165) is 51.6 Å². The van der Waals surface area contributed by atoms with Crippen molar-refractivity contribution in [2.75, 3.05) is 32.8 Å². The predicted molar refractivity (Wildman–Crippen MR) is 114 cm³/mol. The zero-order chi connectivity index (χ0) is 19.8. The molecule has 0 amide bonds. The van der Waals surface area contributed by atoms with Gasteiger partial charge in [0.25, 0.3) is 0 Å². The van der Waals surface area contributed by atoms with Gasteiger partial charge in [-0.25, -0.2) is 0 Å². The highest BCUT2D eigenvalue weighted by Crippen LogP contribution is 2.26. The molecule has 1 saturated heterocycles. The lowest BCUT2D eigenvalue weighted by molar-refractivity contribution is 0.0651. The van der Waals surface area contributed by atoms with Crippen LogP contribution in [-0.2, 0) is 11.8 Å². The second-order valence-electron chi connectivity index (χ2n) is 7.39. The molecule has 1 aromatic carbocycles. The third-order valence-corrected chi connectivity index (χ3v) is 5.22. The van der Waals surface area contributed by atoms with Crippen molar-refractivity contribution in [2.45, 2.75) is 38.7 Å². The van der Waals surface area contributed by atoms with Gasteiger partial charge in [0, 0.05) is 51.9 Å². The van der Waals surface area contributed by atoms with E-state index in [0.29, 0.717) is 5.92 Å². The molecule has 6 nitrogen and oxygen atoms in total. The number of guanidine groups is 1. The summed E-state index contributed by atoms with van der Waals surface area (Å²) in [4.78, 5) is 7.20. The van der Waals surface area contributed by atoms with Crippen molar-refractivity contribution >= 4 is 5.96 Å². The molecule has 1 N–H and O–H groups in total. The van der Waals surface area contributed by atoms with E-state index in [9.17, 15) is 0 Å². The smallest absolute Gasteiger partial charge is 0.193 e. The van der Waals surface area contributed by atoms with Crippen LogP contribution in [0.25, 0.3) is 0 Å². The number of nitrogens with zero attached hydrogens (tertiary/aromatic N) is 4. The number of benzene rings is 1. The maximum Gasteiger partial charge on any atom is 0.193 e. The van der Waals surface area contributed by atoms with Gasteiger partial charge in [-0.05, 0) is 37.8 Å². The molecule has 2 aromatic rings. The molecule has 1 aliphatic heterocycles. The van der Waals surface area contributed by atoms with Crippen molar-refractivity contribution in [3.8, 4) is 0 Å². The minimum Gasteiger partial charge on any atom is -0.374 e. The second kappa shape index (κ2) is 10.3. The molecule has 1 aliphatic rings. The van der Waals surface area contributed by atoms with Crippen LogP contribution in [0.3, 0.4) is 0 Å². The average Bonchev–Trinajstić information content (AvgIpc) is 3.36. The summed E-state index contributed by atoms with van der Waals surface area (Å²) in [5.74, 6) is 1.55. The highest BCUT2D eigenvalue weighted by atomic mass is 16.5. The van der Waals surface area contributed by atoms with Crippen LogP contribution in [-0.4, -0.2) is 53.4 Å². The van der Waals surface area contributed by atoms with Crippen LogP contribution in [0.5, 0.6) is 0 Å². The van der Waals surface area contributed by atoms with Crippen LogP contribution in [0.4, 0.5) is 0 Å². The monoisotopic (exact) mass is 383 g/mol. The standard InChI is InChI=1S/C22H33N5O/c1-4-23-22(27-13-11-20(17-27)21-15-25-26(3)16-21)24-12-8-14-28-18(2)19-9-6-5-7-10-19/h5-7,9-10,15-16,18,20H,4,8,11-14,17H2,1-3H3,(H,23,24). The molecule has 1 aromatic heterocycles. The van der Waals surface area contributed by atoms with Crippen molar-refractivity contribution < 1.29 is 4.74 Å². The minimum atomic E-state index is 0.122. The summed E-state index contributed by atoms with van der Waals surface area (Å²) in [5.41, 5.74) is 2.54. The lowest BCUT2D eigenvalue weighted by Crippen LogP contribution is -2.40. The fraction of sp³-hybridized carbons (Fsp3) is 0.545. The molecule has 0 bridgehead atoms. The van der Waals surface area contributed by atoms with E-state index in [-0.39, 0.29) is 6.10 Å². The summed E-state index contributed by atoms with van der Waals surface area (Å²) < 4.78 is 7.84. The van der Waals surface area contributed by atoms with Crippen LogP contribution in [0.15, 0.2) is 47.7 Å². The van der Waals surface area contributed by atoms with Gasteiger partial charge < -0.3 is 15.0 Å². The Labute approximate surface area is 168 Å². The third-order valence-electron chi connectivity index (χ3n) is 5.22. The minimum absolute atomic E-state index is 0.122. The number of rotatable bonds is 8. The van der Waals surface area contributed by atoms with E-state index in [2.05, 4.69) is 59.6 Å². The number of aryl methyl sites for hydroxylation is 1. The van der Waals surface area contributed by atoms with Gasteiger partial charge in [0.15, 0.2) is 5.96 Å². The number of aromatic nitrogens is 2. The Morgan fingerprint density at radius 3 is 2.89 bits per heavy atom. The Kier molecular flexibility index (Phi) is 7.48. The molecule has 1 fully saturated rings. The van der Waals surface area contributed by atoms with Gasteiger partial charge in [-0.1, -0.05) is 30.3 Å². The molecule has 3 rings (SSSR count). The van der Waals surface area contributed by atoms with Gasteiger partial charge >= 0.3 is 0 Å². The predicted octanol–water partition coefficient (Wildman–Crippen LogP) is 3.34. The highest BCUT2D eigenvalue weighted by Gasteiger charge is 2.26. The summed E-state index contributed by atoms with van der Waals surface area (Å²) >= 11 is 0. The molecule has 28 heavy (non-hydrogen) atoms. The lowest BCUT2D eigenvalue weighted by Gasteiger charge is -2.21. The molecule has 0 saturated carbocycles. The first-order chi connectivity index (χ1) is 13.7. The van der Waals surface area contributed by atoms with Gasteiger partial charge in [-0.3, -0.25) is 9.67 Å². The topological polar surface area (TPSA) is 54.7 Å². The first-order valence-corrected chi connectivity index (χ1v) is 10.4. The van der Waals surface area contributed by atoms with Crippen LogP contribution in [0.1, 0.15) is 49.8 Å². The van der Waals surface area contributed by atoms with Crippen LogP contribution < -0.4 is 5.32 Å². The molecule has 2 atom stereocenters. The average molecular weight is 384 g/mol. The number of hydrogen-bond acceptors (Lipinski definition) is 3. The lowest BCUT2D eigenvalue weighted by atomic mass is 10.0. The Balaban J connectivity index is 1.45. The Hall–Kier alpha value is -2.34. The van der Waals surface area contributed by atoms with Crippen molar-refractivity contribution in [3.63, 3.8) is 0 Å². The van der Waals surface area contributed by atoms with Crippen molar-refractivity contribution in [2.24, 2.45) is 12.0 Å². The van der Waals surface area contributed by atoms with E-state index < -0.39 is 0 Å². The fourth-order valence-electron chi connectivity index (χ4n) is 3.63. The van der Waals surface area contributed by atoms with Gasteiger partial charge in [-0.15, -0.1) is 0 Å². The molecule has 2 unspecified atom stereocenters.